The number of oxazole rings is 1. The normalized spacial score (nSPS) is 24.2. The van der Waals surface area contributed by atoms with Crippen LogP contribution < -0.4 is 0 Å². The minimum absolute atomic E-state index is 0.0628. The Morgan fingerprint density at radius 3 is 2.82 bits per heavy atom. The van der Waals surface area contributed by atoms with E-state index in [0.29, 0.717) is 38.5 Å². The fourth-order valence-electron chi connectivity index (χ4n) is 4.28. The van der Waals surface area contributed by atoms with E-state index in [2.05, 4.69) is 4.98 Å². The molecule has 2 fully saturated rings. The summed E-state index contributed by atoms with van der Waals surface area (Å²) in [6.45, 7) is 3.41. The van der Waals surface area contributed by atoms with Crippen molar-refractivity contribution in [2.75, 3.05) is 26.3 Å². The number of aromatic nitrogens is 1. The largest absolute Gasteiger partial charge is 0.481 e. The number of rotatable bonds is 5. The van der Waals surface area contributed by atoms with Crippen molar-refractivity contribution in [3.8, 4) is 11.3 Å². The summed E-state index contributed by atoms with van der Waals surface area (Å²) in [6, 6.07) is 9.74. The number of carbonyl (C=O) groups excluding carboxylic acids is 1. The molecule has 7 nitrogen and oxygen atoms in total. The standard InChI is InChI=1S/C21H24N2O5/c1-14-19(15-5-3-2-4-6-15)28-17(22-14)7-8-18(24)23-11-16-12-27-10-9-21(16,13-23)20(25)26/h2-6,16H,7-13H2,1H3,(H,25,26)/t16-,21+/m0/s1. The van der Waals surface area contributed by atoms with Crippen LogP contribution in [0.4, 0.5) is 0 Å². The topological polar surface area (TPSA) is 92.9 Å². The number of likely N-dealkylation sites (tertiary alicyclic amines) is 1. The average molecular weight is 384 g/mol. The van der Waals surface area contributed by atoms with Crippen molar-refractivity contribution in [3.63, 3.8) is 0 Å². The van der Waals surface area contributed by atoms with Gasteiger partial charge in [-0.3, -0.25) is 9.59 Å². The molecule has 1 amide bonds. The van der Waals surface area contributed by atoms with Gasteiger partial charge in [0.15, 0.2) is 11.7 Å². The number of hydrogen-bond acceptors (Lipinski definition) is 5. The summed E-state index contributed by atoms with van der Waals surface area (Å²) in [5.41, 5.74) is 0.883. The summed E-state index contributed by atoms with van der Waals surface area (Å²) in [5.74, 6) is 0.213. The SMILES string of the molecule is Cc1nc(CCC(=O)N2C[C@H]3COCC[C@@]3(C(=O)O)C2)oc1-c1ccccc1. The van der Waals surface area contributed by atoms with Gasteiger partial charge < -0.3 is 19.2 Å². The van der Waals surface area contributed by atoms with Gasteiger partial charge in [-0.15, -0.1) is 0 Å². The molecule has 0 saturated carbocycles. The van der Waals surface area contributed by atoms with Crippen molar-refractivity contribution in [2.45, 2.75) is 26.2 Å². The number of fused-ring (bicyclic) bond motifs is 1. The molecule has 7 heteroatoms. The number of amides is 1. The highest BCUT2D eigenvalue weighted by Crippen LogP contribution is 2.42. The molecular weight excluding hydrogens is 360 g/mol. The van der Waals surface area contributed by atoms with Crippen molar-refractivity contribution in [3.05, 3.63) is 41.9 Å². The number of hydrogen-bond donors (Lipinski definition) is 1. The lowest BCUT2D eigenvalue weighted by atomic mass is 9.74. The Labute approximate surface area is 163 Å². The number of carboxylic acids is 1. The Morgan fingerprint density at radius 2 is 2.11 bits per heavy atom. The second kappa shape index (κ2) is 7.39. The van der Waals surface area contributed by atoms with Gasteiger partial charge in [0.1, 0.15) is 0 Å². The minimum atomic E-state index is -0.867. The molecule has 0 aliphatic carbocycles. The van der Waals surface area contributed by atoms with E-state index in [1.807, 2.05) is 37.3 Å². The molecule has 4 rings (SSSR count). The number of ether oxygens (including phenoxy) is 1. The third-order valence-corrected chi connectivity index (χ3v) is 5.92. The lowest BCUT2D eigenvalue weighted by molar-refractivity contribution is -0.157. The Bertz CT molecular complexity index is 878. The van der Waals surface area contributed by atoms with Crippen LogP contribution in [0, 0.1) is 18.3 Å². The molecule has 1 aromatic carbocycles. The third kappa shape index (κ3) is 3.30. The molecule has 2 aromatic rings. The van der Waals surface area contributed by atoms with E-state index in [1.54, 1.807) is 4.90 Å². The summed E-state index contributed by atoms with van der Waals surface area (Å²) in [4.78, 5) is 30.7. The van der Waals surface area contributed by atoms with E-state index < -0.39 is 11.4 Å². The Hall–Kier alpha value is -2.67. The zero-order chi connectivity index (χ0) is 19.7. The van der Waals surface area contributed by atoms with Crippen molar-refractivity contribution < 1.29 is 23.8 Å². The van der Waals surface area contributed by atoms with Crippen LogP contribution in [0.1, 0.15) is 24.4 Å². The quantitative estimate of drug-likeness (QED) is 0.852. The van der Waals surface area contributed by atoms with Gasteiger partial charge in [0, 0.05) is 44.0 Å². The number of carboxylic acid groups (broad SMARTS) is 1. The summed E-state index contributed by atoms with van der Waals surface area (Å²) >= 11 is 0. The molecule has 0 radical (unpaired) electrons. The molecule has 1 aromatic heterocycles. The molecule has 2 aliphatic rings. The van der Waals surface area contributed by atoms with Crippen molar-refractivity contribution in [1.29, 1.82) is 0 Å². The molecule has 0 spiro atoms. The molecule has 2 saturated heterocycles. The molecule has 2 atom stereocenters. The molecule has 0 bridgehead atoms. The van der Waals surface area contributed by atoms with Crippen LogP contribution in [-0.4, -0.2) is 53.2 Å². The first-order chi connectivity index (χ1) is 13.5. The van der Waals surface area contributed by atoms with Gasteiger partial charge in [0.2, 0.25) is 5.91 Å². The lowest BCUT2D eigenvalue weighted by Gasteiger charge is -2.33. The second-order valence-corrected chi connectivity index (χ2v) is 7.65. The number of aryl methyl sites for hydroxylation is 2. The Balaban J connectivity index is 1.41. The zero-order valence-electron chi connectivity index (χ0n) is 15.9. The van der Waals surface area contributed by atoms with Gasteiger partial charge >= 0.3 is 5.97 Å². The summed E-state index contributed by atoms with van der Waals surface area (Å²) in [6.07, 6.45) is 1.10. The molecular formula is C21H24N2O5. The summed E-state index contributed by atoms with van der Waals surface area (Å²) in [7, 11) is 0. The van der Waals surface area contributed by atoms with E-state index in [9.17, 15) is 14.7 Å². The average Bonchev–Trinajstić information content (AvgIpc) is 3.28. The number of carbonyl (C=O) groups is 2. The summed E-state index contributed by atoms with van der Waals surface area (Å²) in [5, 5.41) is 9.73. The van der Waals surface area contributed by atoms with Gasteiger partial charge in [-0.05, 0) is 13.3 Å². The molecule has 1 N–H and O–H groups in total. The maximum absolute atomic E-state index is 12.7. The van der Waals surface area contributed by atoms with E-state index in [0.717, 1.165) is 17.0 Å². The lowest BCUT2D eigenvalue weighted by Crippen LogP contribution is -2.45. The highest BCUT2D eigenvalue weighted by atomic mass is 16.5. The van der Waals surface area contributed by atoms with Gasteiger partial charge in [0.05, 0.1) is 17.7 Å². The van der Waals surface area contributed by atoms with Crippen LogP contribution in [-0.2, 0) is 20.7 Å². The highest BCUT2D eigenvalue weighted by Gasteiger charge is 2.54. The number of benzene rings is 1. The predicted molar refractivity (Wildman–Crippen MR) is 101 cm³/mol. The third-order valence-electron chi connectivity index (χ3n) is 5.92. The Kier molecular flexibility index (Phi) is 4.93. The zero-order valence-corrected chi connectivity index (χ0v) is 15.9. The van der Waals surface area contributed by atoms with Crippen LogP contribution in [0.15, 0.2) is 34.7 Å². The Morgan fingerprint density at radius 1 is 1.32 bits per heavy atom. The highest BCUT2D eigenvalue weighted by molar-refractivity contribution is 5.81. The first kappa shape index (κ1) is 18.7. The first-order valence-electron chi connectivity index (χ1n) is 9.60. The second-order valence-electron chi connectivity index (χ2n) is 7.65. The van der Waals surface area contributed by atoms with E-state index in [4.69, 9.17) is 9.15 Å². The molecule has 3 heterocycles. The maximum atomic E-state index is 12.7. The fourth-order valence-corrected chi connectivity index (χ4v) is 4.28. The monoisotopic (exact) mass is 384 g/mol. The van der Waals surface area contributed by atoms with E-state index >= 15 is 0 Å². The van der Waals surface area contributed by atoms with Gasteiger partial charge in [-0.25, -0.2) is 4.98 Å². The maximum Gasteiger partial charge on any atom is 0.311 e. The number of aliphatic carboxylic acids is 1. The summed E-state index contributed by atoms with van der Waals surface area (Å²) < 4.78 is 11.3. The van der Waals surface area contributed by atoms with Crippen molar-refractivity contribution in [2.24, 2.45) is 11.3 Å². The van der Waals surface area contributed by atoms with Crippen LogP contribution in [0.5, 0.6) is 0 Å². The van der Waals surface area contributed by atoms with Crippen LogP contribution in [0.2, 0.25) is 0 Å². The predicted octanol–water partition coefficient (Wildman–Crippen LogP) is 2.53. The van der Waals surface area contributed by atoms with Crippen LogP contribution >= 0.6 is 0 Å². The first-order valence-corrected chi connectivity index (χ1v) is 9.60. The molecule has 2 aliphatic heterocycles. The van der Waals surface area contributed by atoms with Crippen molar-refractivity contribution in [1.82, 2.24) is 9.88 Å². The van der Waals surface area contributed by atoms with Crippen LogP contribution in [0.25, 0.3) is 11.3 Å². The van der Waals surface area contributed by atoms with Gasteiger partial charge in [-0.2, -0.15) is 0 Å². The smallest absolute Gasteiger partial charge is 0.311 e. The molecule has 28 heavy (non-hydrogen) atoms. The van der Waals surface area contributed by atoms with Crippen LogP contribution in [0.3, 0.4) is 0 Å². The minimum Gasteiger partial charge on any atom is -0.481 e. The van der Waals surface area contributed by atoms with E-state index in [-0.39, 0.29) is 24.8 Å². The number of nitrogens with zero attached hydrogens (tertiary/aromatic N) is 2. The van der Waals surface area contributed by atoms with E-state index in [1.165, 1.54) is 0 Å². The molecule has 148 valence electrons. The van der Waals surface area contributed by atoms with Gasteiger partial charge in [-0.1, -0.05) is 30.3 Å². The van der Waals surface area contributed by atoms with Crippen molar-refractivity contribution >= 4 is 11.9 Å². The van der Waals surface area contributed by atoms with Gasteiger partial charge in [0.25, 0.3) is 0 Å². The fraction of sp³-hybridized carbons (Fsp3) is 0.476. The molecule has 0 unspecified atom stereocenters.